The molecule has 1 aromatic heterocycles. The molecule has 1 N–H and O–H groups in total. The summed E-state index contributed by atoms with van der Waals surface area (Å²) >= 11 is 0. The van der Waals surface area contributed by atoms with E-state index >= 15 is 0 Å². The lowest BCUT2D eigenvalue weighted by Gasteiger charge is -2.23. The van der Waals surface area contributed by atoms with Crippen molar-refractivity contribution in [3.63, 3.8) is 0 Å². The predicted molar refractivity (Wildman–Crippen MR) is 80.3 cm³/mol. The molecule has 21 heavy (non-hydrogen) atoms. The number of anilines is 1. The van der Waals surface area contributed by atoms with Crippen LogP contribution >= 0.6 is 0 Å². The minimum absolute atomic E-state index is 0.116. The van der Waals surface area contributed by atoms with Gasteiger partial charge in [0.1, 0.15) is 5.60 Å². The van der Waals surface area contributed by atoms with E-state index in [4.69, 9.17) is 9.26 Å². The summed E-state index contributed by atoms with van der Waals surface area (Å²) in [6, 6.07) is 8.23. The second kappa shape index (κ2) is 5.48. The second-order valence-corrected chi connectivity index (χ2v) is 5.49. The number of rotatable bonds is 5. The van der Waals surface area contributed by atoms with Gasteiger partial charge in [-0.2, -0.15) is 4.98 Å². The Hall–Kier alpha value is -1.88. The van der Waals surface area contributed by atoms with Crippen LogP contribution in [0.3, 0.4) is 0 Å². The van der Waals surface area contributed by atoms with Crippen LogP contribution in [0.4, 0.5) is 5.69 Å². The first kappa shape index (κ1) is 14.1. The molecule has 2 heterocycles. The summed E-state index contributed by atoms with van der Waals surface area (Å²) < 4.78 is 11.3. The standard InChI is InChI=1S/C16H21N3O2/c1-4-16(3,20-5-2)15-18-14(21-19-15)12-10-17-13-9-7-6-8-11(12)13/h6-9,12,17H,4-5,10H2,1-3H3. The van der Waals surface area contributed by atoms with Gasteiger partial charge >= 0.3 is 0 Å². The van der Waals surface area contributed by atoms with E-state index in [-0.39, 0.29) is 5.92 Å². The van der Waals surface area contributed by atoms with Crippen LogP contribution in [0.5, 0.6) is 0 Å². The van der Waals surface area contributed by atoms with Gasteiger partial charge in [-0.15, -0.1) is 0 Å². The van der Waals surface area contributed by atoms with Crippen molar-refractivity contribution in [2.24, 2.45) is 0 Å². The summed E-state index contributed by atoms with van der Waals surface area (Å²) in [7, 11) is 0. The average Bonchev–Trinajstić information content (AvgIpc) is 3.14. The number of ether oxygens (including phenoxy) is 1. The molecule has 3 rings (SSSR count). The van der Waals surface area contributed by atoms with Gasteiger partial charge in [0.25, 0.3) is 0 Å². The first-order valence-corrected chi connectivity index (χ1v) is 7.48. The minimum Gasteiger partial charge on any atom is -0.384 e. The van der Waals surface area contributed by atoms with Gasteiger partial charge in [-0.1, -0.05) is 30.3 Å². The molecular weight excluding hydrogens is 266 g/mol. The topological polar surface area (TPSA) is 60.2 Å². The molecule has 0 saturated carbocycles. The molecule has 5 nitrogen and oxygen atoms in total. The number of para-hydroxylation sites is 1. The molecule has 2 unspecified atom stereocenters. The Morgan fingerprint density at radius 2 is 2.19 bits per heavy atom. The fourth-order valence-corrected chi connectivity index (χ4v) is 2.74. The number of fused-ring (bicyclic) bond motifs is 1. The molecule has 1 aromatic carbocycles. The smallest absolute Gasteiger partial charge is 0.236 e. The normalized spacial score (nSPS) is 19.9. The maximum absolute atomic E-state index is 5.81. The molecule has 0 saturated heterocycles. The average molecular weight is 287 g/mol. The molecule has 1 aliphatic rings. The van der Waals surface area contributed by atoms with Crippen molar-refractivity contribution in [1.82, 2.24) is 10.1 Å². The summed E-state index contributed by atoms with van der Waals surface area (Å²) in [5.74, 6) is 1.40. The molecule has 0 fully saturated rings. The number of hydrogen-bond acceptors (Lipinski definition) is 5. The van der Waals surface area contributed by atoms with Gasteiger partial charge in [-0.3, -0.25) is 0 Å². The van der Waals surface area contributed by atoms with Crippen LogP contribution in [-0.4, -0.2) is 23.3 Å². The predicted octanol–water partition coefficient (Wildman–Crippen LogP) is 3.29. The third-order valence-corrected chi connectivity index (χ3v) is 4.18. The highest BCUT2D eigenvalue weighted by Crippen LogP contribution is 2.36. The molecule has 112 valence electrons. The molecule has 0 radical (unpaired) electrons. The summed E-state index contributed by atoms with van der Waals surface area (Å²) in [6.45, 7) is 7.47. The quantitative estimate of drug-likeness (QED) is 0.914. The zero-order chi connectivity index (χ0) is 14.9. The van der Waals surface area contributed by atoms with E-state index < -0.39 is 5.60 Å². The van der Waals surface area contributed by atoms with Crippen LogP contribution in [0, 0.1) is 0 Å². The largest absolute Gasteiger partial charge is 0.384 e. The van der Waals surface area contributed by atoms with Crippen LogP contribution in [-0.2, 0) is 10.3 Å². The minimum atomic E-state index is -0.484. The van der Waals surface area contributed by atoms with Gasteiger partial charge in [0.15, 0.2) is 0 Å². The monoisotopic (exact) mass is 287 g/mol. The summed E-state index contributed by atoms with van der Waals surface area (Å²) in [6.07, 6.45) is 0.805. The Morgan fingerprint density at radius 3 is 2.95 bits per heavy atom. The van der Waals surface area contributed by atoms with Crippen LogP contribution in [0.25, 0.3) is 0 Å². The van der Waals surface area contributed by atoms with Crippen molar-refractivity contribution in [3.05, 3.63) is 41.5 Å². The molecule has 2 atom stereocenters. The summed E-state index contributed by atoms with van der Waals surface area (Å²) in [5, 5.41) is 7.53. The Balaban J connectivity index is 1.90. The first-order valence-electron chi connectivity index (χ1n) is 7.48. The van der Waals surface area contributed by atoms with Crippen LogP contribution in [0.15, 0.2) is 28.8 Å². The zero-order valence-electron chi connectivity index (χ0n) is 12.7. The molecule has 1 aliphatic heterocycles. The van der Waals surface area contributed by atoms with Gasteiger partial charge in [0, 0.05) is 18.8 Å². The number of nitrogens with one attached hydrogen (secondary N) is 1. The summed E-state index contributed by atoms with van der Waals surface area (Å²) in [5.41, 5.74) is 1.87. The summed E-state index contributed by atoms with van der Waals surface area (Å²) in [4.78, 5) is 4.61. The highest BCUT2D eigenvalue weighted by Gasteiger charge is 2.34. The van der Waals surface area contributed by atoms with Gasteiger partial charge < -0.3 is 14.6 Å². The fourth-order valence-electron chi connectivity index (χ4n) is 2.74. The molecule has 0 spiro atoms. The van der Waals surface area contributed by atoms with E-state index in [9.17, 15) is 0 Å². The SMILES string of the molecule is CCOC(C)(CC)c1noc(C2CNc3ccccc32)n1. The van der Waals surface area contributed by atoms with E-state index in [0.29, 0.717) is 18.3 Å². The van der Waals surface area contributed by atoms with E-state index in [0.717, 1.165) is 18.7 Å². The Kier molecular flexibility index (Phi) is 3.68. The van der Waals surface area contributed by atoms with Crippen molar-refractivity contribution in [1.29, 1.82) is 0 Å². The number of nitrogens with zero attached hydrogens (tertiary/aromatic N) is 2. The Labute approximate surface area is 124 Å². The highest BCUT2D eigenvalue weighted by atomic mass is 16.5. The Bertz CT molecular complexity index is 625. The van der Waals surface area contributed by atoms with Crippen molar-refractivity contribution >= 4 is 5.69 Å². The highest BCUT2D eigenvalue weighted by molar-refractivity contribution is 5.59. The molecule has 0 bridgehead atoms. The second-order valence-electron chi connectivity index (χ2n) is 5.49. The van der Waals surface area contributed by atoms with Crippen molar-refractivity contribution in [2.45, 2.75) is 38.7 Å². The van der Waals surface area contributed by atoms with Gasteiger partial charge in [0.05, 0.1) is 5.92 Å². The van der Waals surface area contributed by atoms with Crippen molar-refractivity contribution in [2.75, 3.05) is 18.5 Å². The van der Waals surface area contributed by atoms with Crippen LogP contribution < -0.4 is 5.32 Å². The van der Waals surface area contributed by atoms with Crippen molar-refractivity contribution in [3.8, 4) is 0 Å². The van der Waals surface area contributed by atoms with E-state index in [1.54, 1.807) is 0 Å². The molecule has 0 aliphatic carbocycles. The van der Waals surface area contributed by atoms with E-state index in [1.807, 2.05) is 26.0 Å². The number of aromatic nitrogens is 2. The zero-order valence-corrected chi connectivity index (χ0v) is 12.7. The lowest BCUT2D eigenvalue weighted by atomic mass is 10.0. The number of hydrogen-bond donors (Lipinski definition) is 1. The third kappa shape index (κ3) is 2.42. The molecular formula is C16H21N3O2. The van der Waals surface area contributed by atoms with Crippen LogP contribution in [0.2, 0.25) is 0 Å². The first-order chi connectivity index (χ1) is 10.2. The molecule has 2 aromatic rings. The fraction of sp³-hybridized carbons (Fsp3) is 0.500. The maximum Gasteiger partial charge on any atom is 0.236 e. The molecule has 0 amide bonds. The van der Waals surface area contributed by atoms with Gasteiger partial charge in [-0.05, 0) is 31.9 Å². The van der Waals surface area contributed by atoms with E-state index in [1.165, 1.54) is 5.56 Å². The van der Waals surface area contributed by atoms with Crippen LogP contribution in [0.1, 0.15) is 50.4 Å². The van der Waals surface area contributed by atoms with E-state index in [2.05, 4.69) is 34.5 Å². The number of benzene rings is 1. The maximum atomic E-state index is 5.81. The Morgan fingerprint density at radius 1 is 1.38 bits per heavy atom. The van der Waals surface area contributed by atoms with Gasteiger partial charge in [0.2, 0.25) is 11.7 Å². The third-order valence-electron chi connectivity index (χ3n) is 4.18. The van der Waals surface area contributed by atoms with Crippen molar-refractivity contribution < 1.29 is 9.26 Å². The lowest BCUT2D eigenvalue weighted by Crippen LogP contribution is -2.26. The lowest BCUT2D eigenvalue weighted by molar-refractivity contribution is -0.0403. The van der Waals surface area contributed by atoms with Gasteiger partial charge in [-0.25, -0.2) is 0 Å². The molecule has 5 heteroatoms.